The van der Waals surface area contributed by atoms with E-state index in [1.54, 1.807) is 0 Å². The zero-order valence-electron chi connectivity index (χ0n) is 33.6. The number of aryl methyl sites for hydroxylation is 1. The third-order valence-corrected chi connectivity index (χ3v) is 11.3. The Morgan fingerprint density at radius 1 is 0.357 bits per heavy atom. The second-order valence-corrected chi connectivity index (χ2v) is 15.0. The molecule has 3 nitrogen and oxygen atoms in total. The lowest BCUT2D eigenvalue weighted by atomic mass is 9.92. The SMILES string of the molecule is CCN(Cc1ccccc1)c1ccc(C(C)c2ccc(N(c3ccc(C)cc3)c3ccc(C(C)c4ccc(N(CC)Cc5ccccc5)cc4)cc3)cc2)cc1. The first-order valence-electron chi connectivity index (χ1n) is 20.2. The van der Waals surface area contributed by atoms with E-state index in [9.17, 15) is 0 Å². The molecule has 282 valence electrons. The number of anilines is 5. The van der Waals surface area contributed by atoms with E-state index in [1.165, 1.54) is 50.3 Å². The van der Waals surface area contributed by atoms with Crippen LogP contribution in [0, 0.1) is 6.92 Å². The molecule has 2 unspecified atom stereocenters. The van der Waals surface area contributed by atoms with Gasteiger partial charge in [-0.1, -0.05) is 141 Å². The molecule has 3 heteroatoms. The number of hydrogen-bond donors (Lipinski definition) is 0. The molecule has 0 aromatic heterocycles. The predicted octanol–water partition coefficient (Wildman–Crippen LogP) is 13.8. The first kappa shape index (κ1) is 38.2. The molecule has 0 amide bonds. The van der Waals surface area contributed by atoms with Crippen LogP contribution >= 0.6 is 0 Å². The first-order chi connectivity index (χ1) is 27.4. The van der Waals surface area contributed by atoms with Gasteiger partial charge in [0.1, 0.15) is 0 Å². The fraction of sp³-hybridized carbons (Fsp3) is 0.208. The standard InChI is InChI=1S/C53H55N3/c1-6-54(38-43-14-10-8-11-15-43)49-30-20-45(21-31-49)41(4)47-24-34-52(35-25-47)56(51-28-18-40(3)19-29-51)53-36-26-48(27-37-53)42(5)46-22-32-50(33-23-46)55(7-2)39-44-16-12-9-13-17-44/h8-37,41-42H,6-7,38-39H2,1-5H3. The van der Waals surface area contributed by atoms with Crippen molar-refractivity contribution in [3.05, 3.63) is 221 Å². The number of nitrogens with zero attached hydrogens (tertiary/aromatic N) is 3. The Morgan fingerprint density at radius 3 is 0.946 bits per heavy atom. The van der Waals surface area contributed by atoms with Crippen molar-refractivity contribution in [1.29, 1.82) is 0 Å². The van der Waals surface area contributed by atoms with Gasteiger partial charge in [-0.2, -0.15) is 0 Å². The van der Waals surface area contributed by atoms with Crippen molar-refractivity contribution >= 4 is 28.4 Å². The lowest BCUT2D eigenvalue weighted by Crippen LogP contribution is -2.21. The van der Waals surface area contributed by atoms with Crippen LogP contribution in [0.4, 0.5) is 28.4 Å². The third kappa shape index (κ3) is 9.07. The molecule has 0 spiro atoms. The van der Waals surface area contributed by atoms with Crippen LogP contribution < -0.4 is 14.7 Å². The van der Waals surface area contributed by atoms with Crippen LogP contribution in [-0.2, 0) is 13.1 Å². The molecule has 0 radical (unpaired) electrons. The molecule has 7 aromatic rings. The summed E-state index contributed by atoms with van der Waals surface area (Å²) < 4.78 is 0. The first-order valence-corrected chi connectivity index (χ1v) is 20.2. The van der Waals surface area contributed by atoms with Crippen LogP contribution in [0.5, 0.6) is 0 Å². The van der Waals surface area contributed by atoms with Crippen LogP contribution in [0.25, 0.3) is 0 Å². The summed E-state index contributed by atoms with van der Waals surface area (Å²) in [6.45, 7) is 15.0. The minimum Gasteiger partial charge on any atom is -0.367 e. The molecule has 56 heavy (non-hydrogen) atoms. The molecule has 0 N–H and O–H groups in total. The van der Waals surface area contributed by atoms with Gasteiger partial charge in [0.05, 0.1) is 0 Å². The summed E-state index contributed by atoms with van der Waals surface area (Å²) in [4.78, 5) is 7.22. The van der Waals surface area contributed by atoms with E-state index >= 15 is 0 Å². The van der Waals surface area contributed by atoms with Gasteiger partial charge in [-0.3, -0.25) is 0 Å². The van der Waals surface area contributed by atoms with Gasteiger partial charge in [-0.25, -0.2) is 0 Å². The van der Waals surface area contributed by atoms with Crippen molar-refractivity contribution in [2.75, 3.05) is 27.8 Å². The van der Waals surface area contributed by atoms with E-state index in [4.69, 9.17) is 0 Å². The molecule has 0 bridgehead atoms. The number of hydrogen-bond acceptors (Lipinski definition) is 3. The Bertz CT molecular complexity index is 2090. The van der Waals surface area contributed by atoms with E-state index in [1.807, 2.05) is 0 Å². The molecular weight excluding hydrogens is 679 g/mol. The molecule has 0 saturated heterocycles. The largest absolute Gasteiger partial charge is 0.367 e. The maximum Gasteiger partial charge on any atom is 0.0461 e. The van der Waals surface area contributed by atoms with Crippen LogP contribution in [0.2, 0.25) is 0 Å². The summed E-state index contributed by atoms with van der Waals surface area (Å²) in [5, 5.41) is 0. The highest BCUT2D eigenvalue weighted by atomic mass is 15.1. The quantitative estimate of drug-likeness (QED) is 0.104. The van der Waals surface area contributed by atoms with Crippen molar-refractivity contribution in [2.24, 2.45) is 0 Å². The third-order valence-electron chi connectivity index (χ3n) is 11.3. The zero-order valence-corrected chi connectivity index (χ0v) is 33.6. The van der Waals surface area contributed by atoms with Crippen LogP contribution in [0.3, 0.4) is 0 Å². The summed E-state index contributed by atoms with van der Waals surface area (Å²) in [7, 11) is 0. The molecule has 0 aliphatic carbocycles. The fourth-order valence-electron chi connectivity index (χ4n) is 7.68. The molecule has 0 saturated carbocycles. The molecule has 0 fully saturated rings. The molecule has 0 aliphatic heterocycles. The highest BCUT2D eigenvalue weighted by Gasteiger charge is 2.17. The van der Waals surface area contributed by atoms with E-state index in [2.05, 4.69) is 231 Å². The zero-order chi connectivity index (χ0) is 38.9. The molecule has 7 rings (SSSR count). The topological polar surface area (TPSA) is 9.72 Å². The van der Waals surface area contributed by atoms with E-state index in [0.29, 0.717) is 0 Å². The maximum atomic E-state index is 2.43. The van der Waals surface area contributed by atoms with Gasteiger partial charge in [0.15, 0.2) is 0 Å². The van der Waals surface area contributed by atoms with Gasteiger partial charge >= 0.3 is 0 Å². The van der Waals surface area contributed by atoms with Crippen molar-refractivity contribution in [1.82, 2.24) is 0 Å². The summed E-state index contributed by atoms with van der Waals surface area (Å²) in [5.41, 5.74) is 15.1. The fourth-order valence-corrected chi connectivity index (χ4v) is 7.68. The Morgan fingerprint density at radius 2 is 0.643 bits per heavy atom. The summed E-state index contributed by atoms with van der Waals surface area (Å²) >= 11 is 0. The average Bonchev–Trinajstić information content (AvgIpc) is 3.26. The molecular formula is C53H55N3. The van der Waals surface area contributed by atoms with Crippen molar-refractivity contribution in [2.45, 2.75) is 59.5 Å². The Kier molecular flexibility index (Phi) is 12.3. The molecule has 0 aliphatic rings. The minimum atomic E-state index is 0.277. The second-order valence-electron chi connectivity index (χ2n) is 15.0. The Balaban J connectivity index is 1.07. The Labute approximate surface area is 335 Å². The maximum absolute atomic E-state index is 2.43. The number of rotatable bonds is 15. The normalized spacial score (nSPS) is 12.2. The minimum absolute atomic E-state index is 0.277. The summed E-state index contributed by atoms with van der Waals surface area (Å²) in [5.74, 6) is 0.553. The lowest BCUT2D eigenvalue weighted by molar-refractivity contribution is 0.830. The van der Waals surface area contributed by atoms with Crippen molar-refractivity contribution < 1.29 is 0 Å². The van der Waals surface area contributed by atoms with E-state index in [-0.39, 0.29) is 11.8 Å². The molecule has 2 atom stereocenters. The Hall–Kier alpha value is -6.06. The van der Waals surface area contributed by atoms with Crippen LogP contribution in [0.1, 0.15) is 78.5 Å². The van der Waals surface area contributed by atoms with Crippen molar-refractivity contribution in [3.8, 4) is 0 Å². The van der Waals surface area contributed by atoms with Crippen molar-refractivity contribution in [3.63, 3.8) is 0 Å². The van der Waals surface area contributed by atoms with E-state index in [0.717, 1.165) is 43.2 Å². The van der Waals surface area contributed by atoms with Crippen LogP contribution in [-0.4, -0.2) is 13.1 Å². The molecule has 0 heterocycles. The van der Waals surface area contributed by atoms with Gasteiger partial charge in [0.25, 0.3) is 0 Å². The van der Waals surface area contributed by atoms with Gasteiger partial charge < -0.3 is 14.7 Å². The van der Waals surface area contributed by atoms with Crippen LogP contribution in [0.15, 0.2) is 182 Å². The highest BCUT2D eigenvalue weighted by molar-refractivity contribution is 5.77. The summed E-state index contributed by atoms with van der Waals surface area (Å²) in [6, 6.07) is 66.8. The average molecular weight is 734 g/mol. The van der Waals surface area contributed by atoms with Gasteiger partial charge in [-0.15, -0.1) is 0 Å². The van der Waals surface area contributed by atoms with Gasteiger partial charge in [0, 0.05) is 66.5 Å². The second kappa shape index (κ2) is 18.0. The molecule has 7 aromatic carbocycles. The van der Waals surface area contributed by atoms with Gasteiger partial charge in [-0.05, 0) is 115 Å². The number of benzene rings is 7. The monoisotopic (exact) mass is 733 g/mol. The lowest BCUT2D eigenvalue weighted by Gasteiger charge is -2.27. The summed E-state index contributed by atoms with van der Waals surface area (Å²) in [6.07, 6.45) is 0. The van der Waals surface area contributed by atoms with Gasteiger partial charge in [0.2, 0.25) is 0 Å². The predicted molar refractivity (Wildman–Crippen MR) is 240 cm³/mol. The highest BCUT2D eigenvalue weighted by Crippen LogP contribution is 2.37. The van der Waals surface area contributed by atoms with E-state index < -0.39 is 0 Å². The smallest absolute Gasteiger partial charge is 0.0461 e.